The van der Waals surface area contributed by atoms with Crippen LogP contribution >= 0.6 is 0 Å². The molecule has 0 aliphatic heterocycles. The molecule has 18 heavy (non-hydrogen) atoms. The summed E-state index contributed by atoms with van der Waals surface area (Å²) in [7, 11) is 1.58. The molecule has 1 amide bonds. The smallest absolute Gasteiger partial charge is 0.234 e. The average molecular weight is 251 g/mol. The van der Waals surface area contributed by atoms with E-state index in [0.717, 1.165) is 5.56 Å². The van der Waals surface area contributed by atoms with Crippen LogP contribution in [0, 0.1) is 0 Å². The molecule has 5 nitrogen and oxygen atoms in total. The van der Waals surface area contributed by atoms with Crippen LogP contribution in [-0.2, 0) is 11.3 Å². The minimum absolute atomic E-state index is 0.0106. The molecule has 0 atom stereocenters. The van der Waals surface area contributed by atoms with Crippen LogP contribution in [0.15, 0.2) is 18.3 Å². The minimum atomic E-state index is -0.196. The van der Waals surface area contributed by atoms with Gasteiger partial charge in [-0.3, -0.25) is 4.79 Å². The van der Waals surface area contributed by atoms with Gasteiger partial charge in [-0.15, -0.1) is 0 Å². The van der Waals surface area contributed by atoms with Crippen LogP contribution in [0.25, 0.3) is 0 Å². The van der Waals surface area contributed by atoms with Gasteiger partial charge >= 0.3 is 0 Å². The van der Waals surface area contributed by atoms with E-state index in [1.54, 1.807) is 13.3 Å². The molecule has 1 aromatic rings. The first-order chi connectivity index (χ1) is 8.40. The van der Waals surface area contributed by atoms with Crippen molar-refractivity contribution in [2.24, 2.45) is 0 Å². The van der Waals surface area contributed by atoms with Crippen molar-refractivity contribution in [3.05, 3.63) is 23.9 Å². The van der Waals surface area contributed by atoms with Crippen LogP contribution in [0.1, 0.15) is 26.3 Å². The van der Waals surface area contributed by atoms with Crippen LogP contribution in [0.5, 0.6) is 5.88 Å². The Kier molecular flexibility index (Phi) is 5.09. The molecule has 1 rings (SSSR count). The van der Waals surface area contributed by atoms with Crippen molar-refractivity contribution >= 4 is 5.91 Å². The van der Waals surface area contributed by atoms with E-state index < -0.39 is 0 Å². The quantitative estimate of drug-likeness (QED) is 0.822. The predicted molar refractivity (Wildman–Crippen MR) is 70.4 cm³/mol. The number of pyridine rings is 1. The van der Waals surface area contributed by atoms with Gasteiger partial charge in [0.05, 0.1) is 13.7 Å². The van der Waals surface area contributed by atoms with Gasteiger partial charge in [0.2, 0.25) is 11.8 Å². The van der Waals surface area contributed by atoms with E-state index >= 15 is 0 Å². The van der Waals surface area contributed by atoms with E-state index in [0.29, 0.717) is 19.0 Å². The molecule has 0 fully saturated rings. The first-order valence-corrected chi connectivity index (χ1v) is 5.91. The maximum absolute atomic E-state index is 11.6. The predicted octanol–water partition coefficient (Wildman–Crippen LogP) is 1.09. The van der Waals surface area contributed by atoms with E-state index in [4.69, 9.17) is 4.74 Å². The number of nitrogens with zero attached hydrogens (tertiary/aromatic N) is 1. The third-order valence-corrected chi connectivity index (χ3v) is 2.14. The Labute approximate surface area is 108 Å². The average Bonchev–Trinajstić information content (AvgIpc) is 2.27. The zero-order chi connectivity index (χ0) is 13.6. The largest absolute Gasteiger partial charge is 0.481 e. The molecule has 0 radical (unpaired) electrons. The number of aromatic nitrogens is 1. The Morgan fingerprint density at radius 3 is 2.78 bits per heavy atom. The van der Waals surface area contributed by atoms with Crippen LogP contribution in [0.3, 0.4) is 0 Å². The van der Waals surface area contributed by atoms with Gasteiger partial charge in [-0.2, -0.15) is 0 Å². The maximum atomic E-state index is 11.6. The molecule has 0 unspecified atom stereocenters. The highest BCUT2D eigenvalue weighted by atomic mass is 16.5. The summed E-state index contributed by atoms with van der Waals surface area (Å²) in [6.07, 6.45) is 1.69. The zero-order valence-corrected chi connectivity index (χ0v) is 11.4. The van der Waals surface area contributed by atoms with Crippen molar-refractivity contribution in [3.63, 3.8) is 0 Å². The first kappa shape index (κ1) is 14.4. The van der Waals surface area contributed by atoms with Gasteiger partial charge in [-0.05, 0) is 32.4 Å². The Morgan fingerprint density at radius 2 is 2.17 bits per heavy atom. The van der Waals surface area contributed by atoms with Gasteiger partial charge in [0.1, 0.15) is 0 Å². The molecule has 0 aliphatic carbocycles. The lowest BCUT2D eigenvalue weighted by molar-refractivity contribution is -0.121. The molecule has 0 aliphatic rings. The number of hydrogen-bond donors (Lipinski definition) is 2. The van der Waals surface area contributed by atoms with Crippen LogP contribution in [0.2, 0.25) is 0 Å². The number of methoxy groups -OCH3 is 1. The lowest BCUT2D eigenvalue weighted by Crippen LogP contribution is -2.44. The van der Waals surface area contributed by atoms with Crippen molar-refractivity contribution in [2.75, 3.05) is 13.7 Å². The maximum Gasteiger partial charge on any atom is 0.234 e. The number of carbonyl (C=O) groups excluding carboxylic acids is 1. The number of hydrogen-bond acceptors (Lipinski definition) is 4. The zero-order valence-electron chi connectivity index (χ0n) is 11.4. The number of carbonyl (C=O) groups is 1. The molecule has 0 aromatic carbocycles. The number of ether oxygens (including phenoxy) is 1. The molecule has 1 aromatic heterocycles. The van der Waals surface area contributed by atoms with E-state index in [-0.39, 0.29) is 11.4 Å². The summed E-state index contributed by atoms with van der Waals surface area (Å²) < 4.78 is 5.03. The molecule has 0 saturated carbocycles. The Bertz CT molecular complexity index is 399. The van der Waals surface area contributed by atoms with E-state index in [2.05, 4.69) is 15.6 Å². The normalized spacial score (nSPS) is 11.1. The summed E-state index contributed by atoms with van der Waals surface area (Å²) in [4.78, 5) is 15.6. The number of amides is 1. The van der Waals surface area contributed by atoms with Crippen molar-refractivity contribution < 1.29 is 9.53 Å². The summed E-state index contributed by atoms with van der Waals surface area (Å²) in [5.41, 5.74) is 0.837. The van der Waals surface area contributed by atoms with Crippen LogP contribution in [-0.4, -0.2) is 30.1 Å². The Hall–Kier alpha value is -1.62. The molecule has 5 heteroatoms. The summed E-state index contributed by atoms with van der Waals surface area (Å²) in [6, 6.07) is 3.73. The lowest BCUT2D eigenvalue weighted by atomic mass is 10.1. The molecular formula is C13H21N3O2. The SMILES string of the molecule is COc1cc(CNCC(=O)NC(C)(C)C)ccn1. The summed E-state index contributed by atoms with van der Waals surface area (Å²) in [5.74, 6) is 0.567. The first-order valence-electron chi connectivity index (χ1n) is 5.91. The monoisotopic (exact) mass is 251 g/mol. The van der Waals surface area contributed by atoms with E-state index in [9.17, 15) is 4.79 Å². The third-order valence-electron chi connectivity index (χ3n) is 2.14. The molecule has 0 spiro atoms. The second-order valence-corrected chi connectivity index (χ2v) is 5.11. The highest BCUT2D eigenvalue weighted by Crippen LogP contribution is 2.07. The van der Waals surface area contributed by atoms with Crippen LogP contribution in [0.4, 0.5) is 0 Å². The van der Waals surface area contributed by atoms with Crippen molar-refractivity contribution in [2.45, 2.75) is 32.9 Å². The van der Waals surface area contributed by atoms with Crippen molar-refractivity contribution in [1.82, 2.24) is 15.6 Å². The fraction of sp³-hybridized carbons (Fsp3) is 0.538. The standard InChI is InChI=1S/C13H21N3O2/c1-13(2,3)16-11(17)9-14-8-10-5-6-15-12(7-10)18-4/h5-7,14H,8-9H2,1-4H3,(H,16,17). The van der Waals surface area contributed by atoms with Gasteiger partial charge in [0.15, 0.2) is 0 Å². The molecule has 0 bridgehead atoms. The van der Waals surface area contributed by atoms with E-state index in [1.165, 1.54) is 0 Å². The topological polar surface area (TPSA) is 63.2 Å². The Balaban J connectivity index is 2.35. The highest BCUT2D eigenvalue weighted by molar-refractivity contribution is 5.78. The summed E-state index contributed by atoms with van der Waals surface area (Å²) in [5, 5.41) is 5.97. The number of nitrogens with one attached hydrogen (secondary N) is 2. The summed E-state index contributed by atoms with van der Waals surface area (Å²) >= 11 is 0. The van der Waals surface area contributed by atoms with E-state index in [1.807, 2.05) is 32.9 Å². The minimum Gasteiger partial charge on any atom is -0.481 e. The Morgan fingerprint density at radius 1 is 1.44 bits per heavy atom. The van der Waals surface area contributed by atoms with Crippen LogP contribution < -0.4 is 15.4 Å². The van der Waals surface area contributed by atoms with Gasteiger partial charge < -0.3 is 15.4 Å². The number of rotatable bonds is 5. The van der Waals surface area contributed by atoms with Gasteiger partial charge in [-0.25, -0.2) is 4.98 Å². The van der Waals surface area contributed by atoms with Crippen molar-refractivity contribution in [3.8, 4) is 5.88 Å². The lowest BCUT2D eigenvalue weighted by Gasteiger charge is -2.20. The molecular weight excluding hydrogens is 230 g/mol. The highest BCUT2D eigenvalue weighted by Gasteiger charge is 2.12. The fourth-order valence-corrected chi connectivity index (χ4v) is 1.45. The van der Waals surface area contributed by atoms with Gasteiger partial charge in [0, 0.05) is 24.3 Å². The van der Waals surface area contributed by atoms with Gasteiger partial charge in [0.25, 0.3) is 0 Å². The third kappa shape index (κ3) is 5.63. The van der Waals surface area contributed by atoms with Crippen molar-refractivity contribution in [1.29, 1.82) is 0 Å². The fourth-order valence-electron chi connectivity index (χ4n) is 1.45. The molecule has 1 heterocycles. The molecule has 100 valence electrons. The molecule has 0 saturated heterocycles. The van der Waals surface area contributed by atoms with Gasteiger partial charge in [-0.1, -0.05) is 0 Å². The molecule has 2 N–H and O–H groups in total. The second-order valence-electron chi connectivity index (χ2n) is 5.11. The second kappa shape index (κ2) is 6.35. The summed E-state index contributed by atoms with van der Waals surface area (Å²) in [6.45, 7) is 6.77.